The van der Waals surface area contributed by atoms with Gasteiger partial charge in [0.2, 0.25) is 6.29 Å². The molecule has 0 aromatic heterocycles. The Balaban J connectivity index is 2.66. The Labute approximate surface area is 140 Å². The second-order valence-corrected chi connectivity index (χ2v) is 11.6. The van der Waals surface area contributed by atoms with E-state index in [-0.39, 0.29) is 0 Å². The highest BCUT2D eigenvalue weighted by atomic mass is 79.9. The third-order valence-electron chi connectivity index (χ3n) is 2.85. The summed E-state index contributed by atoms with van der Waals surface area (Å²) in [6.07, 6.45) is 0.734. The van der Waals surface area contributed by atoms with Crippen LogP contribution in [0.15, 0.2) is 43.0 Å². The van der Waals surface area contributed by atoms with Crippen molar-refractivity contribution in [1.82, 2.24) is 0 Å². The molecule has 124 valence electrons. The zero-order chi connectivity index (χ0) is 16.8. The average Bonchev–Trinajstić information content (AvgIpc) is 2.41. The van der Waals surface area contributed by atoms with E-state index in [1.165, 1.54) is 0 Å². The van der Waals surface area contributed by atoms with Crippen molar-refractivity contribution in [2.75, 3.05) is 0 Å². The lowest BCUT2D eigenvalue weighted by atomic mass is 10.1. The van der Waals surface area contributed by atoms with Gasteiger partial charge in [0.15, 0.2) is 8.32 Å². The molecular weight excluding hydrogens is 370 g/mol. The Morgan fingerprint density at radius 1 is 1.27 bits per heavy atom. The summed E-state index contributed by atoms with van der Waals surface area (Å²) in [6.45, 7) is 9.20. The minimum Gasteiger partial charge on any atom is -0.388 e. The number of alkyl halides is 3. The smallest absolute Gasteiger partial charge is 0.350 e. The topological polar surface area (TPSA) is 18.5 Å². The zero-order valence-corrected chi connectivity index (χ0v) is 15.8. The monoisotopic (exact) mass is 392 g/mol. The van der Waals surface area contributed by atoms with Crippen LogP contribution >= 0.6 is 15.9 Å². The summed E-state index contributed by atoms with van der Waals surface area (Å²) in [5.74, 6) is 0. The molecular formula is C16H23BrF2O2Si. The van der Waals surface area contributed by atoms with E-state index in [0.29, 0.717) is 6.42 Å². The highest BCUT2D eigenvalue weighted by molar-refractivity contribution is 9.10. The van der Waals surface area contributed by atoms with E-state index in [2.05, 4.69) is 22.5 Å². The maximum Gasteiger partial charge on any atom is 0.350 e. The largest absolute Gasteiger partial charge is 0.388 e. The first-order chi connectivity index (χ1) is 10.1. The first-order valence-electron chi connectivity index (χ1n) is 7.18. The quantitative estimate of drug-likeness (QED) is 0.244. The summed E-state index contributed by atoms with van der Waals surface area (Å²) in [6, 6.07) is 9.82. The molecule has 0 aliphatic rings. The highest BCUT2D eigenvalue weighted by Crippen LogP contribution is 2.32. The predicted molar refractivity (Wildman–Crippen MR) is 91.9 cm³/mol. The van der Waals surface area contributed by atoms with Crippen LogP contribution in [0.5, 0.6) is 0 Å². The van der Waals surface area contributed by atoms with Crippen molar-refractivity contribution in [1.29, 1.82) is 0 Å². The molecule has 22 heavy (non-hydrogen) atoms. The number of rotatable bonds is 9. The second kappa shape index (κ2) is 8.33. The van der Waals surface area contributed by atoms with E-state index in [1.54, 1.807) is 6.08 Å². The average molecular weight is 393 g/mol. The fraction of sp³-hybridized carbons (Fsp3) is 0.500. The van der Waals surface area contributed by atoms with Crippen LogP contribution < -0.4 is 0 Å². The minimum absolute atomic E-state index is 0.495. The Kier molecular flexibility index (Phi) is 7.38. The minimum atomic E-state index is -3.23. The molecule has 0 spiro atoms. The molecule has 1 aromatic rings. The van der Waals surface area contributed by atoms with Crippen molar-refractivity contribution >= 4 is 24.2 Å². The molecule has 2 atom stereocenters. The summed E-state index contributed by atoms with van der Waals surface area (Å²) in [7, 11) is -2.17. The molecule has 0 bridgehead atoms. The first-order valence-corrected chi connectivity index (χ1v) is 11.4. The third kappa shape index (κ3) is 7.62. The lowest BCUT2D eigenvalue weighted by Crippen LogP contribution is -2.43. The molecule has 0 saturated carbocycles. The van der Waals surface area contributed by atoms with Gasteiger partial charge in [-0.25, -0.2) is 0 Å². The van der Waals surface area contributed by atoms with E-state index in [9.17, 15) is 8.78 Å². The van der Waals surface area contributed by atoms with Crippen LogP contribution in [-0.4, -0.2) is 25.5 Å². The molecule has 0 fully saturated rings. The Morgan fingerprint density at radius 3 is 2.32 bits per heavy atom. The molecule has 0 saturated heterocycles. The van der Waals surface area contributed by atoms with Crippen LogP contribution in [0.3, 0.4) is 0 Å². The Morgan fingerprint density at radius 2 is 1.86 bits per heavy atom. The maximum atomic E-state index is 13.6. The highest BCUT2D eigenvalue weighted by Gasteiger charge is 2.42. The third-order valence-corrected chi connectivity index (χ3v) is 4.14. The molecule has 2 nitrogen and oxygen atoms in total. The van der Waals surface area contributed by atoms with Crippen LogP contribution in [-0.2, 0) is 15.6 Å². The summed E-state index contributed by atoms with van der Waals surface area (Å²) < 4.78 is 38.2. The summed E-state index contributed by atoms with van der Waals surface area (Å²) >= 11 is 2.36. The molecule has 0 heterocycles. The molecule has 1 rings (SSSR count). The van der Waals surface area contributed by atoms with E-state index in [1.807, 2.05) is 50.0 Å². The fourth-order valence-electron chi connectivity index (χ4n) is 1.85. The molecule has 0 amide bonds. The van der Waals surface area contributed by atoms with Crippen molar-refractivity contribution in [3.05, 3.63) is 48.6 Å². The number of halogens is 3. The van der Waals surface area contributed by atoms with Crippen molar-refractivity contribution in [2.24, 2.45) is 0 Å². The number of ether oxygens (including phenoxy) is 1. The number of hydrogen-bond donors (Lipinski definition) is 0. The molecule has 1 aromatic carbocycles. The number of benzene rings is 1. The number of hydrogen-bond acceptors (Lipinski definition) is 2. The van der Waals surface area contributed by atoms with Gasteiger partial charge in [-0.2, -0.15) is 8.78 Å². The van der Waals surface area contributed by atoms with E-state index >= 15 is 0 Å². The molecule has 6 heteroatoms. The van der Waals surface area contributed by atoms with Gasteiger partial charge in [0.05, 0.1) is 6.10 Å². The van der Waals surface area contributed by atoms with Crippen LogP contribution in [0.4, 0.5) is 8.78 Å². The standard InChI is InChI=1S/C16H23BrF2O2Si/c1-5-14(12-11-13-9-7-6-8-10-13)20-15(16(17,18)19)21-22(2,3)4/h5-10,14-15H,1,11-12H2,2-4H3. The molecule has 0 aliphatic carbocycles. The second-order valence-electron chi connectivity index (χ2n) is 6.04. The van der Waals surface area contributed by atoms with Crippen LogP contribution in [0.25, 0.3) is 0 Å². The van der Waals surface area contributed by atoms with Crippen LogP contribution in [0.1, 0.15) is 12.0 Å². The molecule has 0 aliphatic heterocycles. The summed E-state index contributed by atoms with van der Waals surface area (Å²) in [5, 5.41) is 0. The van der Waals surface area contributed by atoms with Gasteiger partial charge in [-0.05, 0) is 54.0 Å². The summed E-state index contributed by atoms with van der Waals surface area (Å²) in [4.78, 5) is -3.23. The Hall–Kier alpha value is -0.563. The van der Waals surface area contributed by atoms with Gasteiger partial charge < -0.3 is 9.16 Å². The van der Waals surface area contributed by atoms with E-state index in [0.717, 1.165) is 12.0 Å². The Bertz CT molecular complexity index is 457. The van der Waals surface area contributed by atoms with Gasteiger partial charge >= 0.3 is 4.83 Å². The molecule has 2 unspecified atom stereocenters. The van der Waals surface area contributed by atoms with Gasteiger partial charge in [-0.3, -0.25) is 0 Å². The van der Waals surface area contributed by atoms with Gasteiger partial charge in [0.25, 0.3) is 0 Å². The summed E-state index contributed by atoms with van der Waals surface area (Å²) in [5.41, 5.74) is 1.13. The van der Waals surface area contributed by atoms with Gasteiger partial charge in [-0.15, -0.1) is 6.58 Å². The van der Waals surface area contributed by atoms with Crippen LogP contribution in [0, 0.1) is 0 Å². The predicted octanol–water partition coefficient (Wildman–Crippen LogP) is 5.36. The van der Waals surface area contributed by atoms with E-state index < -0.39 is 25.5 Å². The van der Waals surface area contributed by atoms with Gasteiger partial charge in [0, 0.05) is 0 Å². The first kappa shape index (κ1) is 19.5. The zero-order valence-electron chi connectivity index (χ0n) is 13.2. The van der Waals surface area contributed by atoms with Crippen molar-refractivity contribution < 1.29 is 17.9 Å². The fourth-order valence-corrected chi connectivity index (χ4v) is 3.07. The van der Waals surface area contributed by atoms with Crippen LogP contribution in [0.2, 0.25) is 19.6 Å². The van der Waals surface area contributed by atoms with Crippen molar-refractivity contribution in [2.45, 2.75) is 49.7 Å². The van der Waals surface area contributed by atoms with Crippen molar-refractivity contribution in [3.63, 3.8) is 0 Å². The van der Waals surface area contributed by atoms with Gasteiger partial charge in [-0.1, -0.05) is 36.4 Å². The molecule has 0 N–H and O–H groups in total. The van der Waals surface area contributed by atoms with Gasteiger partial charge in [0.1, 0.15) is 0 Å². The SMILES string of the molecule is C=CC(CCc1ccccc1)OC(O[Si](C)(C)C)C(F)(F)Br. The lowest BCUT2D eigenvalue weighted by molar-refractivity contribution is -0.193. The normalized spacial score (nSPS) is 15.4. The van der Waals surface area contributed by atoms with Crippen molar-refractivity contribution in [3.8, 4) is 0 Å². The maximum absolute atomic E-state index is 13.6. The van der Waals surface area contributed by atoms with E-state index in [4.69, 9.17) is 9.16 Å². The lowest BCUT2D eigenvalue weighted by Gasteiger charge is -2.31. The molecule has 0 radical (unpaired) electrons. The number of aryl methyl sites for hydroxylation is 1.